The van der Waals surface area contributed by atoms with E-state index < -0.39 is 0 Å². The van der Waals surface area contributed by atoms with Crippen LogP contribution < -0.4 is 4.90 Å². The van der Waals surface area contributed by atoms with Crippen molar-refractivity contribution >= 4 is 29.1 Å². The van der Waals surface area contributed by atoms with Gasteiger partial charge in [0.25, 0.3) is 0 Å². The molecule has 4 rings (SSSR count). The number of amides is 1. The third kappa shape index (κ3) is 3.90. The second-order valence-corrected chi connectivity index (χ2v) is 7.23. The maximum absolute atomic E-state index is 12.3. The van der Waals surface area contributed by atoms with Gasteiger partial charge in [-0.05, 0) is 36.6 Å². The van der Waals surface area contributed by atoms with Gasteiger partial charge in [-0.2, -0.15) is 0 Å². The number of carbonyl (C=O) groups is 1. The number of piperazine rings is 1. The molecule has 3 aromatic rings. The molecule has 0 spiro atoms. The molecule has 1 saturated heterocycles. The Morgan fingerprint density at radius 2 is 1.89 bits per heavy atom. The molecule has 0 saturated carbocycles. The van der Waals surface area contributed by atoms with Crippen molar-refractivity contribution in [2.75, 3.05) is 31.1 Å². The van der Waals surface area contributed by atoms with E-state index >= 15 is 0 Å². The zero-order chi connectivity index (χ0) is 18.6. The molecule has 0 bridgehead atoms. The molecule has 0 radical (unpaired) electrons. The molecule has 1 aliphatic heterocycles. The Morgan fingerprint density at radius 1 is 1.11 bits per heavy atom. The van der Waals surface area contributed by atoms with Gasteiger partial charge in [-0.15, -0.1) is 21.5 Å². The first kappa shape index (κ1) is 17.4. The molecular formula is C19H20N6OS. The molecular weight excluding hydrogens is 360 g/mol. The summed E-state index contributed by atoms with van der Waals surface area (Å²) in [7, 11) is 0. The highest BCUT2D eigenvalue weighted by molar-refractivity contribution is 7.10. The predicted octanol–water partition coefficient (Wildman–Crippen LogP) is 2.39. The van der Waals surface area contributed by atoms with Gasteiger partial charge in [-0.1, -0.05) is 6.07 Å². The summed E-state index contributed by atoms with van der Waals surface area (Å²) in [5.41, 5.74) is 0. The van der Waals surface area contributed by atoms with Gasteiger partial charge >= 0.3 is 0 Å². The van der Waals surface area contributed by atoms with Gasteiger partial charge in [0.05, 0.1) is 0 Å². The summed E-state index contributed by atoms with van der Waals surface area (Å²) in [6.07, 6.45) is 7.15. The number of anilines is 1. The highest BCUT2D eigenvalue weighted by Gasteiger charge is 2.21. The van der Waals surface area contributed by atoms with Crippen molar-refractivity contribution in [3.05, 3.63) is 58.8 Å². The number of imidazole rings is 1. The maximum atomic E-state index is 12.3. The van der Waals surface area contributed by atoms with Gasteiger partial charge in [0, 0.05) is 49.5 Å². The summed E-state index contributed by atoms with van der Waals surface area (Å²) in [5.74, 6) is 2.51. The van der Waals surface area contributed by atoms with E-state index in [4.69, 9.17) is 0 Å². The molecule has 138 valence electrons. The lowest BCUT2D eigenvalue weighted by molar-refractivity contribution is -0.126. The zero-order valence-electron chi connectivity index (χ0n) is 15.0. The standard InChI is InChI=1S/C19H20N6OS/c1-15-20-8-9-25(15)18-6-5-17(21-22-18)23-10-12-24(13-11-23)19(26)7-4-16-3-2-14-27-16/h2-9,14H,10-13H2,1H3/b7-4+. The molecule has 1 fully saturated rings. The van der Waals surface area contributed by atoms with Crippen LogP contribution in [0.2, 0.25) is 0 Å². The van der Waals surface area contributed by atoms with Crippen LogP contribution in [0, 0.1) is 6.92 Å². The van der Waals surface area contributed by atoms with Gasteiger partial charge < -0.3 is 9.80 Å². The Hall–Kier alpha value is -3.00. The third-order valence-electron chi connectivity index (χ3n) is 4.56. The molecule has 0 aromatic carbocycles. The summed E-state index contributed by atoms with van der Waals surface area (Å²) in [5, 5.41) is 10.7. The number of thiophene rings is 1. The number of carbonyl (C=O) groups excluding carboxylic acids is 1. The second kappa shape index (κ2) is 7.71. The van der Waals surface area contributed by atoms with Crippen LogP contribution in [0.4, 0.5) is 5.82 Å². The monoisotopic (exact) mass is 380 g/mol. The van der Waals surface area contributed by atoms with Crippen LogP contribution in [-0.4, -0.2) is 56.7 Å². The first-order chi connectivity index (χ1) is 13.2. The Kier molecular flexibility index (Phi) is 4.97. The average molecular weight is 380 g/mol. The number of hydrogen-bond donors (Lipinski definition) is 0. The Morgan fingerprint density at radius 3 is 2.52 bits per heavy atom. The van der Waals surface area contributed by atoms with Gasteiger partial charge in [0.1, 0.15) is 5.82 Å². The molecule has 7 nitrogen and oxygen atoms in total. The normalized spacial score (nSPS) is 14.9. The highest BCUT2D eigenvalue weighted by Crippen LogP contribution is 2.16. The molecule has 0 N–H and O–H groups in total. The molecule has 1 amide bonds. The number of aromatic nitrogens is 4. The lowest BCUT2D eigenvalue weighted by Gasteiger charge is -2.34. The largest absolute Gasteiger partial charge is 0.352 e. The molecule has 0 atom stereocenters. The van der Waals surface area contributed by atoms with Crippen LogP contribution in [0.3, 0.4) is 0 Å². The lowest BCUT2D eigenvalue weighted by Crippen LogP contribution is -2.48. The molecule has 3 aromatic heterocycles. The van der Waals surface area contributed by atoms with Crippen molar-refractivity contribution in [1.29, 1.82) is 0 Å². The van der Waals surface area contributed by atoms with E-state index in [2.05, 4.69) is 20.1 Å². The third-order valence-corrected chi connectivity index (χ3v) is 5.40. The quantitative estimate of drug-likeness (QED) is 0.650. The van der Waals surface area contributed by atoms with E-state index in [0.717, 1.165) is 35.4 Å². The number of nitrogens with zero attached hydrogens (tertiary/aromatic N) is 6. The van der Waals surface area contributed by atoms with Gasteiger partial charge in [0.2, 0.25) is 5.91 Å². The van der Waals surface area contributed by atoms with Crippen LogP contribution in [0.15, 0.2) is 48.1 Å². The van der Waals surface area contributed by atoms with E-state index in [1.165, 1.54) is 0 Å². The fraction of sp³-hybridized carbons (Fsp3) is 0.263. The average Bonchev–Trinajstić information content (AvgIpc) is 3.38. The molecule has 1 aliphatic rings. The van der Waals surface area contributed by atoms with Crippen molar-refractivity contribution < 1.29 is 4.79 Å². The van der Waals surface area contributed by atoms with E-state index in [1.807, 2.05) is 58.3 Å². The first-order valence-electron chi connectivity index (χ1n) is 8.80. The lowest BCUT2D eigenvalue weighted by atomic mass is 10.3. The topological polar surface area (TPSA) is 67.2 Å². The van der Waals surface area contributed by atoms with Crippen molar-refractivity contribution in [3.8, 4) is 5.82 Å². The molecule has 0 aliphatic carbocycles. The van der Waals surface area contributed by atoms with Crippen LogP contribution >= 0.6 is 11.3 Å². The van der Waals surface area contributed by atoms with Crippen molar-refractivity contribution in [3.63, 3.8) is 0 Å². The highest BCUT2D eigenvalue weighted by atomic mass is 32.1. The molecule has 8 heteroatoms. The van der Waals surface area contributed by atoms with Crippen molar-refractivity contribution in [2.45, 2.75) is 6.92 Å². The predicted molar refractivity (Wildman–Crippen MR) is 106 cm³/mol. The number of aryl methyl sites for hydroxylation is 1. The van der Waals surface area contributed by atoms with Crippen molar-refractivity contribution in [1.82, 2.24) is 24.6 Å². The van der Waals surface area contributed by atoms with Gasteiger partial charge in [0.15, 0.2) is 11.6 Å². The van der Waals surface area contributed by atoms with Crippen LogP contribution in [0.25, 0.3) is 11.9 Å². The van der Waals surface area contributed by atoms with Crippen LogP contribution in [0.5, 0.6) is 0 Å². The number of hydrogen-bond acceptors (Lipinski definition) is 6. The van der Waals surface area contributed by atoms with E-state index in [9.17, 15) is 4.79 Å². The fourth-order valence-corrected chi connectivity index (χ4v) is 3.65. The van der Waals surface area contributed by atoms with Crippen LogP contribution in [0.1, 0.15) is 10.7 Å². The minimum absolute atomic E-state index is 0.0556. The minimum Gasteiger partial charge on any atom is -0.352 e. The zero-order valence-corrected chi connectivity index (χ0v) is 15.8. The summed E-state index contributed by atoms with van der Waals surface area (Å²) in [6.45, 7) is 4.78. The van der Waals surface area contributed by atoms with E-state index in [1.54, 1.807) is 23.6 Å². The van der Waals surface area contributed by atoms with Crippen LogP contribution in [-0.2, 0) is 4.79 Å². The van der Waals surface area contributed by atoms with E-state index in [0.29, 0.717) is 13.1 Å². The summed E-state index contributed by atoms with van der Waals surface area (Å²) in [4.78, 5) is 21.7. The Labute approximate surface area is 161 Å². The maximum Gasteiger partial charge on any atom is 0.246 e. The number of rotatable bonds is 4. The molecule has 0 unspecified atom stereocenters. The van der Waals surface area contributed by atoms with Gasteiger partial charge in [-0.25, -0.2) is 4.98 Å². The van der Waals surface area contributed by atoms with E-state index in [-0.39, 0.29) is 5.91 Å². The molecule has 27 heavy (non-hydrogen) atoms. The molecule has 4 heterocycles. The summed E-state index contributed by atoms with van der Waals surface area (Å²) in [6, 6.07) is 7.89. The Balaban J connectivity index is 1.35. The fourth-order valence-electron chi connectivity index (χ4n) is 3.04. The first-order valence-corrected chi connectivity index (χ1v) is 9.68. The SMILES string of the molecule is Cc1nccn1-c1ccc(N2CCN(C(=O)/C=C/c3cccs3)CC2)nn1. The van der Waals surface area contributed by atoms with Gasteiger partial charge in [-0.3, -0.25) is 9.36 Å². The Bertz CT molecular complexity index is 924. The van der Waals surface area contributed by atoms with Crippen molar-refractivity contribution in [2.24, 2.45) is 0 Å². The summed E-state index contributed by atoms with van der Waals surface area (Å²) >= 11 is 1.62. The summed E-state index contributed by atoms with van der Waals surface area (Å²) < 4.78 is 1.90. The minimum atomic E-state index is 0.0556. The smallest absolute Gasteiger partial charge is 0.246 e. The second-order valence-electron chi connectivity index (χ2n) is 6.26.